The molecule has 1 amide bonds. The van der Waals surface area contributed by atoms with Gasteiger partial charge in [-0.25, -0.2) is 0 Å². The second kappa shape index (κ2) is 5.00. The Bertz CT molecular complexity index is 515. The van der Waals surface area contributed by atoms with E-state index in [9.17, 15) is 4.79 Å². The smallest absolute Gasteiger partial charge is 0.251 e. The SMILES string of the molecule is CC1(C)COc2ccc(C(=O)NC(C)(C)C)cc2OC1. The lowest BCUT2D eigenvalue weighted by atomic mass is 9.97. The van der Waals surface area contributed by atoms with Crippen LogP contribution in [0, 0.1) is 5.41 Å². The minimum absolute atomic E-state index is 0.0349. The Morgan fingerprint density at radius 2 is 1.75 bits per heavy atom. The predicted molar refractivity (Wildman–Crippen MR) is 78.4 cm³/mol. The third-order valence-corrected chi connectivity index (χ3v) is 2.93. The first-order chi connectivity index (χ1) is 9.16. The molecular weight excluding hydrogens is 254 g/mol. The Hall–Kier alpha value is -1.71. The molecule has 4 nitrogen and oxygen atoms in total. The van der Waals surface area contributed by atoms with Crippen LogP contribution in [0.25, 0.3) is 0 Å². The minimum atomic E-state index is -0.261. The van der Waals surface area contributed by atoms with Crippen molar-refractivity contribution < 1.29 is 14.3 Å². The van der Waals surface area contributed by atoms with Gasteiger partial charge in [0.1, 0.15) is 0 Å². The summed E-state index contributed by atoms with van der Waals surface area (Å²) in [6, 6.07) is 5.31. The molecule has 0 saturated carbocycles. The van der Waals surface area contributed by atoms with Crippen molar-refractivity contribution in [3.05, 3.63) is 23.8 Å². The highest BCUT2D eigenvalue weighted by molar-refractivity contribution is 5.95. The minimum Gasteiger partial charge on any atom is -0.489 e. The Balaban J connectivity index is 2.21. The van der Waals surface area contributed by atoms with E-state index in [0.29, 0.717) is 30.3 Å². The second-order valence-electron chi connectivity index (χ2n) is 7.11. The van der Waals surface area contributed by atoms with E-state index in [1.165, 1.54) is 0 Å². The molecule has 0 unspecified atom stereocenters. The van der Waals surface area contributed by atoms with Crippen molar-refractivity contribution in [1.29, 1.82) is 0 Å². The maximum absolute atomic E-state index is 12.2. The normalized spacial score (nSPS) is 17.2. The van der Waals surface area contributed by atoms with Gasteiger partial charge in [-0.15, -0.1) is 0 Å². The highest BCUT2D eigenvalue weighted by Gasteiger charge is 2.26. The van der Waals surface area contributed by atoms with Gasteiger partial charge in [0.25, 0.3) is 5.91 Å². The standard InChI is InChI=1S/C16H23NO3/c1-15(2,3)17-14(18)11-6-7-12-13(8-11)20-10-16(4,5)9-19-12/h6-8H,9-10H2,1-5H3,(H,17,18). The number of carbonyl (C=O) groups excluding carboxylic acids is 1. The first kappa shape index (κ1) is 14.7. The predicted octanol–water partition coefficient (Wildman–Crippen LogP) is 3.01. The number of hydrogen-bond acceptors (Lipinski definition) is 3. The van der Waals surface area contributed by atoms with E-state index >= 15 is 0 Å². The molecule has 0 aromatic heterocycles. The fourth-order valence-electron chi connectivity index (χ4n) is 1.88. The fourth-order valence-corrected chi connectivity index (χ4v) is 1.88. The Kier molecular flexibility index (Phi) is 3.67. The van der Waals surface area contributed by atoms with Crippen LogP contribution >= 0.6 is 0 Å². The molecule has 0 atom stereocenters. The van der Waals surface area contributed by atoms with Gasteiger partial charge in [0, 0.05) is 16.5 Å². The molecule has 1 aliphatic heterocycles. The molecule has 20 heavy (non-hydrogen) atoms. The summed E-state index contributed by atoms with van der Waals surface area (Å²) in [6.45, 7) is 11.2. The summed E-state index contributed by atoms with van der Waals surface area (Å²) < 4.78 is 11.5. The number of rotatable bonds is 1. The van der Waals surface area contributed by atoms with Crippen LogP contribution < -0.4 is 14.8 Å². The largest absolute Gasteiger partial charge is 0.489 e. The molecule has 1 aliphatic rings. The van der Waals surface area contributed by atoms with Gasteiger partial charge >= 0.3 is 0 Å². The summed E-state index contributed by atoms with van der Waals surface area (Å²) in [6.07, 6.45) is 0. The summed E-state index contributed by atoms with van der Waals surface area (Å²) in [5.41, 5.74) is 0.290. The van der Waals surface area contributed by atoms with Gasteiger partial charge in [0.05, 0.1) is 13.2 Å². The van der Waals surface area contributed by atoms with E-state index in [0.717, 1.165) is 0 Å². The quantitative estimate of drug-likeness (QED) is 0.858. The van der Waals surface area contributed by atoms with Crippen molar-refractivity contribution in [2.75, 3.05) is 13.2 Å². The van der Waals surface area contributed by atoms with Gasteiger partial charge in [-0.05, 0) is 39.0 Å². The van der Waals surface area contributed by atoms with Gasteiger partial charge in [-0.3, -0.25) is 4.79 Å². The lowest BCUT2D eigenvalue weighted by molar-refractivity contribution is 0.0919. The maximum Gasteiger partial charge on any atom is 0.251 e. The van der Waals surface area contributed by atoms with Crippen molar-refractivity contribution >= 4 is 5.91 Å². The average molecular weight is 277 g/mol. The van der Waals surface area contributed by atoms with Crippen LogP contribution in [0.15, 0.2) is 18.2 Å². The number of benzene rings is 1. The molecule has 4 heteroatoms. The van der Waals surface area contributed by atoms with Gasteiger partial charge in [0.15, 0.2) is 11.5 Å². The maximum atomic E-state index is 12.2. The monoisotopic (exact) mass is 277 g/mol. The summed E-state index contributed by atoms with van der Waals surface area (Å²) in [5, 5.41) is 2.94. The number of hydrogen-bond donors (Lipinski definition) is 1. The first-order valence-corrected chi connectivity index (χ1v) is 6.88. The van der Waals surface area contributed by atoms with Crippen molar-refractivity contribution in [2.24, 2.45) is 5.41 Å². The Morgan fingerprint density at radius 3 is 2.35 bits per heavy atom. The van der Waals surface area contributed by atoms with Crippen LogP contribution in [0.1, 0.15) is 45.0 Å². The highest BCUT2D eigenvalue weighted by Crippen LogP contribution is 2.34. The highest BCUT2D eigenvalue weighted by atomic mass is 16.5. The van der Waals surface area contributed by atoms with Gasteiger partial charge in [-0.2, -0.15) is 0 Å². The van der Waals surface area contributed by atoms with Crippen LogP contribution in [0.3, 0.4) is 0 Å². The average Bonchev–Trinajstić information content (AvgIpc) is 2.46. The zero-order valence-electron chi connectivity index (χ0n) is 12.9. The van der Waals surface area contributed by atoms with E-state index in [1.807, 2.05) is 20.8 Å². The molecule has 1 aromatic rings. The topological polar surface area (TPSA) is 47.6 Å². The van der Waals surface area contributed by atoms with Gasteiger partial charge < -0.3 is 14.8 Å². The zero-order valence-corrected chi connectivity index (χ0v) is 12.9. The molecule has 0 fully saturated rings. The molecule has 1 heterocycles. The number of nitrogens with one attached hydrogen (secondary N) is 1. The number of fused-ring (bicyclic) bond motifs is 1. The van der Waals surface area contributed by atoms with Crippen LogP contribution in [-0.4, -0.2) is 24.7 Å². The molecule has 1 aromatic carbocycles. The number of carbonyl (C=O) groups is 1. The summed E-state index contributed by atoms with van der Waals surface area (Å²) in [7, 11) is 0. The molecular formula is C16H23NO3. The molecule has 0 radical (unpaired) electrons. The second-order valence-corrected chi connectivity index (χ2v) is 7.11. The van der Waals surface area contributed by atoms with Crippen LogP contribution in [0.5, 0.6) is 11.5 Å². The Labute approximate surface area is 120 Å². The number of ether oxygens (including phenoxy) is 2. The zero-order chi connectivity index (χ0) is 15.0. The van der Waals surface area contributed by atoms with E-state index in [-0.39, 0.29) is 16.9 Å². The van der Waals surface area contributed by atoms with E-state index in [2.05, 4.69) is 19.2 Å². The summed E-state index contributed by atoms with van der Waals surface area (Å²) in [5.74, 6) is 1.23. The third kappa shape index (κ3) is 3.65. The van der Waals surface area contributed by atoms with Crippen LogP contribution in [0.2, 0.25) is 0 Å². The third-order valence-electron chi connectivity index (χ3n) is 2.93. The molecule has 0 saturated heterocycles. The van der Waals surface area contributed by atoms with Crippen LogP contribution in [-0.2, 0) is 0 Å². The fraction of sp³-hybridized carbons (Fsp3) is 0.562. The van der Waals surface area contributed by atoms with Crippen molar-refractivity contribution in [1.82, 2.24) is 5.32 Å². The van der Waals surface area contributed by atoms with Crippen molar-refractivity contribution in [2.45, 2.75) is 40.2 Å². The van der Waals surface area contributed by atoms with E-state index in [1.54, 1.807) is 18.2 Å². The number of amides is 1. The van der Waals surface area contributed by atoms with Gasteiger partial charge in [-0.1, -0.05) is 13.8 Å². The molecule has 2 rings (SSSR count). The molecule has 0 bridgehead atoms. The molecule has 0 spiro atoms. The van der Waals surface area contributed by atoms with Gasteiger partial charge in [0.2, 0.25) is 0 Å². The summed E-state index contributed by atoms with van der Waals surface area (Å²) in [4.78, 5) is 12.2. The lowest BCUT2D eigenvalue weighted by Crippen LogP contribution is -2.40. The van der Waals surface area contributed by atoms with E-state index in [4.69, 9.17) is 9.47 Å². The summed E-state index contributed by atoms with van der Waals surface area (Å²) >= 11 is 0. The Morgan fingerprint density at radius 1 is 1.15 bits per heavy atom. The van der Waals surface area contributed by atoms with Crippen molar-refractivity contribution in [3.8, 4) is 11.5 Å². The molecule has 0 aliphatic carbocycles. The van der Waals surface area contributed by atoms with E-state index < -0.39 is 0 Å². The van der Waals surface area contributed by atoms with Crippen molar-refractivity contribution in [3.63, 3.8) is 0 Å². The van der Waals surface area contributed by atoms with Crippen LogP contribution in [0.4, 0.5) is 0 Å². The lowest BCUT2D eigenvalue weighted by Gasteiger charge is -2.20. The molecule has 1 N–H and O–H groups in total. The first-order valence-electron chi connectivity index (χ1n) is 6.88. The molecule has 110 valence electrons.